The van der Waals surface area contributed by atoms with Gasteiger partial charge in [0, 0.05) is 5.02 Å². The third kappa shape index (κ3) is 2.16. The molecule has 1 aromatic carbocycles. The van der Waals surface area contributed by atoms with E-state index in [1.165, 1.54) is 6.07 Å². The largest absolute Gasteiger partial charge is 0.386 e. The van der Waals surface area contributed by atoms with Gasteiger partial charge in [0.1, 0.15) is 18.6 Å². The maximum Gasteiger partial charge on any atom is 0.125 e. The number of halogens is 3. The summed E-state index contributed by atoms with van der Waals surface area (Å²) in [4.78, 5) is 0. The molecule has 1 N–H and O–H groups in total. The summed E-state index contributed by atoms with van der Waals surface area (Å²) in [5.41, 5.74) is 0.155. The molecule has 0 bridgehead atoms. The first-order chi connectivity index (χ1) is 5.63. The summed E-state index contributed by atoms with van der Waals surface area (Å²) in [6.45, 7) is -0.945. The van der Waals surface area contributed by atoms with Crippen molar-refractivity contribution >= 4 is 11.6 Å². The summed E-state index contributed by atoms with van der Waals surface area (Å²) >= 11 is 5.48. The van der Waals surface area contributed by atoms with E-state index in [0.29, 0.717) is 0 Å². The van der Waals surface area contributed by atoms with Gasteiger partial charge in [0.15, 0.2) is 0 Å². The lowest BCUT2D eigenvalue weighted by Gasteiger charge is -2.06. The van der Waals surface area contributed by atoms with Gasteiger partial charge in [-0.15, -0.1) is 0 Å². The van der Waals surface area contributed by atoms with Gasteiger partial charge in [-0.3, -0.25) is 0 Å². The number of benzene rings is 1. The molecule has 0 saturated carbocycles. The lowest BCUT2D eigenvalue weighted by Crippen LogP contribution is -1.99. The number of aliphatic hydroxyl groups is 1. The van der Waals surface area contributed by atoms with Gasteiger partial charge in [-0.25, -0.2) is 8.78 Å². The molecule has 1 aromatic rings. The van der Waals surface area contributed by atoms with Crippen molar-refractivity contribution in [3.8, 4) is 0 Å². The molecule has 0 aliphatic heterocycles. The lowest BCUT2D eigenvalue weighted by molar-refractivity contribution is 0.141. The van der Waals surface area contributed by atoms with Crippen LogP contribution in [-0.2, 0) is 0 Å². The Hall–Kier alpha value is -0.670. The van der Waals surface area contributed by atoms with Crippen molar-refractivity contribution < 1.29 is 13.9 Å². The molecular formula is C8H7ClF2O. The van der Waals surface area contributed by atoms with Crippen molar-refractivity contribution in [2.45, 2.75) is 6.10 Å². The third-order valence-electron chi connectivity index (χ3n) is 1.42. The van der Waals surface area contributed by atoms with Gasteiger partial charge in [0.05, 0.1) is 0 Å². The van der Waals surface area contributed by atoms with E-state index in [2.05, 4.69) is 0 Å². The fourth-order valence-electron chi connectivity index (χ4n) is 0.857. The van der Waals surface area contributed by atoms with Crippen molar-refractivity contribution in [2.75, 3.05) is 6.67 Å². The first-order valence-corrected chi connectivity index (χ1v) is 3.71. The van der Waals surface area contributed by atoms with Crippen LogP contribution < -0.4 is 0 Å². The predicted octanol–water partition coefficient (Wildman–Crippen LogP) is 2.48. The summed E-state index contributed by atoms with van der Waals surface area (Å²) < 4.78 is 24.5. The molecule has 0 fully saturated rings. The molecule has 0 aliphatic carbocycles. The molecular weight excluding hydrogens is 186 g/mol. The molecule has 0 saturated heterocycles. The highest BCUT2D eigenvalue weighted by Crippen LogP contribution is 2.19. The van der Waals surface area contributed by atoms with Gasteiger partial charge in [-0.2, -0.15) is 0 Å². The SMILES string of the molecule is OC(CF)c1cc(F)cc(Cl)c1. The molecule has 0 radical (unpaired) electrons. The molecule has 4 heteroatoms. The van der Waals surface area contributed by atoms with Gasteiger partial charge in [0.25, 0.3) is 0 Å². The van der Waals surface area contributed by atoms with Crippen LogP contribution in [-0.4, -0.2) is 11.8 Å². The van der Waals surface area contributed by atoms with Crippen LogP contribution in [0.2, 0.25) is 5.02 Å². The van der Waals surface area contributed by atoms with Gasteiger partial charge >= 0.3 is 0 Å². The van der Waals surface area contributed by atoms with Gasteiger partial charge in [-0.05, 0) is 23.8 Å². The highest BCUT2D eigenvalue weighted by molar-refractivity contribution is 6.30. The van der Waals surface area contributed by atoms with E-state index in [4.69, 9.17) is 16.7 Å². The summed E-state index contributed by atoms with van der Waals surface area (Å²) in [5.74, 6) is -0.579. The number of alkyl halides is 1. The zero-order chi connectivity index (χ0) is 9.14. The van der Waals surface area contributed by atoms with Gasteiger partial charge < -0.3 is 5.11 Å². The summed E-state index contributed by atoms with van der Waals surface area (Å²) in [6.07, 6.45) is -1.29. The van der Waals surface area contributed by atoms with Crippen LogP contribution in [0.25, 0.3) is 0 Å². The Balaban J connectivity index is 3.00. The maximum absolute atomic E-state index is 12.6. The van der Waals surface area contributed by atoms with Crippen LogP contribution in [0.5, 0.6) is 0 Å². The van der Waals surface area contributed by atoms with Crippen LogP contribution >= 0.6 is 11.6 Å². The molecule has 1 rings (SSSR count). The Bertz CT molecular complexity index is 258. The second-order valence-electron chi connectivity index (χ2n) is 2.37. The van der Waals surface area contributed by atoms with E-state index in [0.717, 1.165) is 12.1 Å². The maximum atomic E-state index is 12.6. The number of aliphatic hydroxyl groups excluding tert-OH is 1. The van der Waals surface area contributed by atoms with Crippen LogP contribution in [0.4, 0.5) is 8.78 Å². The smallest absolute Gasteiger partial charge is 0.125 e. The van der Waals surface area contributed by atoms with E-state index >= 15 is 0 Å². The van der Waals surface area contributed by atoms with Crippen molar-refractivity contribution in [2.24, 2.45) is 0 Å². The lowest BCUT2D eigenvalue weighted by atomic mass is 10.1. The van der Waals surface area contributed by atoms with Crippen molar-refractivity contribution in [1.82, 2.24) is 0 Å². The van der Waals surface area contributed by atoms with Gasteiger partial charge in [0.2, 0.25) is 0 Å². The molecule has 0 aromatic heterocycles. The topological polar surface area (TPSA) is 20.2 Å². The molecule has 1 atom stereocenters. The number of hydrogen-bond acceptors (Lipinski definition) is 1. The molecule has 0 spiro atoms. The molecule has 0 amide bonds. The van der Waals surface area contributed by atoms with Crippen molar-refractivity contribution in [1.29, 1.82) is 0 Å². The van der Waals surface area contributed by atoms with Crippen LogP contribution in [0, 0.1) is 5.82 Å². The minimum atomic E-state index is -1.29. The Morgan fingerprint density at radius 3 is 2.58 bits per heavy atom. The molecule has 12 heavy (non-hydrogen) atoms. The minimum absolute atomic E-state index is 0.150. The molecule has 0 aliphatic rings. The molecule has 0 heterocycles. The van der Waals surface area contributed by atoms with Crippen LogP contribution in [0.3, 0.4) is 0 Å². The second-order valence-corrected chi connectivity index (χ2v) is 2.81. The Labute approximate surface area is 73.6 Å². The Morgan fingerprint density at radius 2 is 2.08 bits per heavy atom. The molecule has 1 unspecified atom stereocenters. The monoisotopic (exact) mass is 192 g/mol. The van der Waals surface area contributed by atoms with Crippen LogP contribution in [0.1, 0.15) is 11.7 Å². The average Bonchev–Trinajstić information content (AvgIpc) is 2.01. The van der Waals surface area contributed by atoms with Crippen LogP contribution in [0.15, 0.2) is 18.2 Å². The van der Waals surface area contributed by atoms with E-state index in [9.17, 15) is 8.78 Å². The zero-order valence-electron chi connectivity index (χ0n) is 6.10. The van der Waals surface area contributed by atoms with E-state index in [1.54, 1.807) is 0 Å². The Kier molecular flexibility index (Phi) is 3.00. The third-order valence-corrected chi connectivity index (χ3v) is 1.63. The average molecular weight is 193 g/mol. The second kappa shape index (κ2) is 3.83. The van der Waals surface area contributed by atoms with E-state index in [-0.39, 0.29) is 10.6 Å². The summed E-state index contributed by atoms with van der Waals surface area (Å²) in [7, 11) is 0. The number of rotatable bonds is 2. The predicted molar refractivity (Wildman–Crippen MR) is 42.3 cm³/mol. The fourth-order valence-corrected chi connectivity index (χ4v) is 1.09. The van der Waals surface area contributed by atoms with Crippen molar-refractivity contribution in [3.05, 3.63) is 34.6 Å². The quantitative estimate of drug-likeness (QED) is 0.763. The molecule has 1 nitrogen and oxygen atoms in total. The number of hydrogen-bond donors (Lipinski definition) is 1. The zero-order valence-corrected chi connectivity index (χ0v) is 6.85. The standard InChI is InChI=1S/C8H7ClF2O/c9-6-1-5(8(12)4-10)2-7(11)3-6/h1-3,8,12H,4H2. The Morgan fingerprint density at radius 1 is 1.42 bits per heavy atom. The first-order valence-electron chi connectivity index (χ1n) is 3.33. The molecule has 66 valence electrons. The van der Waals surface area contributed by atoms with Crippen molar-refractivity contribution in [3.63, 3.8) is 0 Å². The van der Waals surface area contributed by atoms with E-state index < -0.39 is 18.6 Å². The van der Waals surface area contributed by atoms with Gasteiger partial charge in [-0.1, -0.05) is 11.6 Å². The highest BCUT2D eigenvalue weighted by Gasteiger charge is 2.08. The normalized spacial score (nSPS) is 13.0. The minimum Gasteiger partial charge on any atom is -0.386 e. The van der Waals surface area contributed by atoms with E-state index in [1.807, 2.05) is 0 Å². The summed E-state index contributed by atoms with van der Waals surface area (Å²) in [6, 6.07) is 3.47. The first kappa shape index (κ1) is 9.42. The summed E-state index contributed by atoms with van der Waals surface area (Å²) in [5, 5.41) is 9.13. The highest BCUT2D eigenvalue weighted by atomic mass is 35.5. The fraction of sp³-hybridized carbons (Fsp3) is 0.250.